The highest BCUT2D eigenvalue weighted by Crippen LogP contribution is 1.93. The van der Waals surface area contributed by atoms with Crippen LogP contribution in [-0.2, 0) is 9.59 Å². The highest BCUT2D eigenvalue weighted by molar-refractivity contribution is 6.00. The van der Waals surface area contributed by atoms with Crippen LogP contribution in [0.15, 0.2) is 11.6 Å². The number of rotatable bonds is 3. The van der Waals surface area contributed by atoms with Crippen LogP contribution in [0.4, 0.5) is 0 Å². The number of hydrogen-bond donors (Lipinski definition) is 2. The van der Waals surface area contributed by atoms with Gasteiger partial charge in [-0.2, -0.15) is 0 Å². The van der Waals surface area contributed by atoms with E-state index in [2.05, 4.69) is 0 Å². The molecule has 0 aliphatic rings. The second kappa shape index (κ2) is 3.88. The Morgan fingerprint density at radius 2 is 2.00 bits per heavy atom. The third-order valence-corrected chi connectivity index (χ3v) is 1.14. The van der Waals surface area contributed by atoms with Crippen LogP contribution in [-0.4, -0.2) is 22.9 Å². The second-order valence-corrected chi connectivity index (χ2v) is 2.32. The summed E-state index contributed by atoms with van der Waals surface area (Å²) in [6.45, 7) is 2.86. The Hall–Kier alpha value is -1.16. The molecule has 4 heteroatoms. The predicted molar refractivity (Wildman–Crippen MR) is 40.0 cm³/mol. The first kappa shape index (κ1) is 9.84. The molecule has 0 heterocycles. The van der Waals surface area contributed by atoms with Crippen molar-refractivity contribution < 1.29 is 14.7 Å². The van der Waals surface area contributed by atoms with Gasteiger partial charge in [0.25, 0.3) is 0 Å². The van der Waals surface area contributed by atoms with E-state index in [1.54, 1.807) is 0 Å². The molecule has 0 aliphatic heterocycles. The van der Waals surface area contributed by atoms with Gasteiger partial charge in [0.2, 0.25) is 0 Å². The Balaban J connectivity index is 4.32. The number of aliphatic carboxylic acids is 1. The lowest BCUT2D eigenvalue weighted by Crippen LogP contribution is -2.25. The van der Waals surface area contributed by atoms with Gasteiger partial charge in [0.05, 0.1) is 6.04 Å². The molecule has 0 amide bonds. The minimum absolute atomic E-state index is 0.00676. The highest BCUT2D eigenvalue weighted by atomic mass is 16.4. The van der Waals surface area contributed by atoms with Crippen molar-refractivity contribution >= 4 is 11.8 Å². The van der Waals surface area contributed by atoms with E-state index in [-0.39, 0.29) is 11.4 Å². The molecule has 0 fully saturated rings. The Morgan fingerprint density at radius 3 is 2.27 bits per heavy atom. The molecule has 0 aromatic rings. The average Bonchev–Trinajstić information content (AvgIpc) is 1.87. The summed E-state index contributed by atoms with van der Waals surface area (Å²) in [6.07, 6.45) is 1.03. The SMILES string of the molecule is C/C(=C\C(=O)C(C)N)C(=O)O. The summed E-state index contributed by atoms with van der Waals surface area (Å²) in [6, 6.07) is -0.635. The normalized spacial score (nSPS) is 14.3. The Labute approximate surface area is 64.7 Å². The molecule has 1 unspecified atom stereocenters. The lowest BCUT2D eigenvalue weighted by molar-refractivity contribution is -0.132. The van der Waals surface area contributed by atoms with Crippen molar-refractivity contribution in [2.45, 2.75) is 19.9 Å². The molecule has 0 saturated carbocycles. The highest BCUT2D eigenvalue weighted by Gasteiger charge is 2.07. The molecule has 0 rings (SSSR count). The number of carbonyl (C=O) groups excluding carboxylic acids is 1. The first-order valence-corrected chi connectivity index (χ1v) is 3.16. The van der Waals surface area contributed by atoms with Crippen LogP contribution in [0, 0.1) is 0 Å². The van der Waals surface area contributed by atoms with E-state index >= 15 is 0 Å². The largest absolute Gasteiger partial charge is 0.478 e. The molecule has 0 bridgehead atoms. The van der Waals surface area contributed by atoms with Crippen molar-refractivity contribution in [1.29, 1.82) is 0 Å². The summed E-state index contributed by atoms with van der Waals surface area (Å²) in [5.74, 6) is -1.47. The number of carboxylic acids is 1. The summed E-state index contributed by atoms with van der Waals surface area (Å²) in [4.78, 5) is 21.0. The molecular weight excluding hydrogens is 146 g/mol. The third-order valence-electron chi connectivity index (χ3n) is 1.14. The first-order valence-electron chi connectivity index (χ1n) is 3.16. The van der Waals surface area contributed by atoms with E-state index in [9.17, 15) is 9.59 Å². The smallest absolute Gasteiger partial charge is 0.331 e. The number of carboxylic acid groups (broad SMARTS) is 1. The van der Waals surface area contributed by atoms with Crippen LogP contribution >= 0.6 is 0 Å². The molecule has 0 aromatic carbocycles. The van der Waals surface area contributed by atoms with E-state index < -0.39 is 12.0 Å². The van der Waals surface area contributed by atoms with E-state index in [0.717, 1.165) is 6.08 Å². The topological polar surface area (TPSA) is 80.4 Å². The maximum absolute atomic E-state index is 10.8. The minimum atomic E-state index is -1.10. The molecule has 0 radical (unpaired) electrons. The molecular formula is C7H11NO3. The number of nitrogens with two attached hydrogens (primary N) is 1. The van der Waals surface area contributed by atoms with Gasteiger partial charge in [-0.1, -0.05) is 0 Å². The zero-order valence-corrected chi connectivity index (χ0v) is 6.50. The summed E-state index contributed by atoms with van der Waals surface area (Å²) >= 11 is 0. The summed E-state index contributed by atoms with van der Waals surface area (Å²) < 4.78 is 0. The van der Waals surface area contributed by atoms with Crippen LogP contribution in [0.3, 0.4) is 0 Å². The molecule has 62 valence electrons. The van der Waals surface area contributed by atoms with E-state index in [4.69, 9.17) is 10.8 Å². The summed E-state index contributed by atoms with van der Waals surface area (Å²) in [7, 11) is 0. The lowest BCUT2D eigenvalue weighted by atomic mass is 10.1. The summed E-state index contributed by atoms with van der Waals surface area (Å²) in [5.41, 5.74) is 5.20. The van der Waals surface area contributed by atoms with E-state index in [1.165, 1.54) is 13.8 Å². The average molecular weight is 157 g/mol. The van der Waals surface area contributed by atoms with Crippen LogP contribution in [0.2, 0.25) is 0 Å². The predicted octanol–water partition coefficient (Wildman–Crippen LogP) is -0.0664. The number of ketones is 1. The van der Waals surface area contributed by atoms with Gasteiger partial charge in [0, 0.05) is 5.57 Å². The van der Waals surface area contributed by atoms with Gasteiger partial charge in [-0.05, 0) is 19.9 Å². The monoisotopic (exact) mass is 157 g/mol. The summed E-state index contributed by atoms with van der Waals surface area (Å²) in [5, 5.41) is 8.35. The van der Waals surface area contributed by atoms with Crippen molar-refractivity contribution in [2.75, 3.05) is 0 Å². The van der Waals surface area contributed by atoms with E-state index in [0.29, 0.717) is 0 Å². The van der Waals surface area contributed by atoms with Crippen LogP contribution in [0.25, 0.3) is 0 Å². The van der Waals surface area contributed by atoms with Crippen molar-refractivity contribution in [2.24, 2.45) is 5.73 Å². The van der Waals surface area contributed by atoms with Crippen molar-refractivity contribution in [3.8, 4) is 0 Å². The van der Waals surface area contributed by atoms with Gasteiger partial charge in [-0.15, -0.1) is 0 Å². The Kier molecular flexibility index (Phi) is 3.47. The molecule has 0 saturated heterocycles. The lowest BCUT2D eigenvalue weighted by Gasteiger charge is -1.97. The van der Waals surface area contributed by atoms with Crippen molar-refractivity contribution in [3.63, 3.8) is 0 Å². The molecule has 0 aromatic heterocycles. The third kappa shape index (κ3) is 3.52. The molecule has 4 nitrogen and oxygen atoms in total. The van der Waals surface area contributed by atoms with Crippen LogP contribution < -0.4 is 5.73 Å². The Morgan fingerprint density at radius 1 is 1.55 bits per heavy atom. The zero-order valence-electron chi connectivity index (χ0n) is 6.50. The molecule has 3 N–H and O–H groups in total. The number of carbonyl (C=O) groups is 2. The maximum atomic E-state index is 10.8. The van der Waals surface area contributed by atoms with Crippen LogP contribution in [0.1, 0.15) is 13.8 Å². The fraction of sp³-hybridized carbons (Fsp3) is 0.429. The van der Waals surface area contributed by atoms with Crippen LogP contribution in [0.5, 0.6) is 0 Å². The maximum Gasteiger partial charge on any atom is 0.331 e. The van der Waals surface area contributed by atoms with Gasteiger partial charge < -0.3 is 10.8 Å². The fourth-order valence-corrected chi connectivity index (χ4v) is 0.407. The van der Waals surface area contributed by atoms with Gasteiger partial charge in [-0.25, -0.2) is 4.79 Å². The van der Waals surface area contributed by atoms with Gasteiger partial charge >= 0.3 is 5.97 Å². The van der Waals surface area contributed by atoms with Gasteiger partial charge in [0.1, 0.15) is 0 Å². The van der Waals surface area contributed by atoms with Crippen molar-refractivity contribution in [3.05, 3.63) is 11.6 Å². The number of hydrogen-bond acceptors (Lipinski definition) is 3. The van der Waals surface area contributed by atoms with Crippen molar-refractivity contribution in [1.82, 2.24) is 0 Å². The minimum Gasteiger partial charge on any atom is -0.478 e. The molecule has 0 aliphatic carbocycles. The standard InChI is InChI=1S/C7H11NO3/c1-4(7(10)11)3-6(9)5(2)8/h3,5H,8H2,1-2H3,(H,10,11)/b4-3+. The molecule has 11 heavy (non-hydrogen) atoms. The van der Waals surface area contributed by atoms with Gasteiger partial charge in [-0.3, -0.25) is 4.79 Å². The zero-order chi connectivity index (χ0) is 9.02. The first-order chi connectivity index (χ1) is 4.95. The quantitative estimate of drug-likeness (QED) is 0.562. The second-order valence-electron chi connectivity index (χ2n) is 2.32. The molecule has 0 spiro atoms. The van der Waals surface area contributed by atoms with E-state index in [1.807, 2.05) is 0 Å². The Bertz CT molecular complexity index is 206. The van der Waals surface area contributed by atoms with Gasteiger partial charge in [0.15, 0.2) is 5.78 Å². The molecule has 1 atom stereocenters. The fourth-order valence-electron chi connectivity index (χ4n) is 0.407.